The van der Waals surface area contributed by atoms with Gasteiger partial charge in [-0.2, -0.15) is 5.10 Å². The number of hydrogen-bond donors (Lipinski definition) is 1. The number of nitrogens with zero attached hydrogens (tertiary/aromatic N) is 4. The largest absolute Gasteiger partial charge is 0.332 e. The number of piperidine rings is 1. The first-order chi connectivity index (χ1) is 15.6. The molecule has 0 unspecified atom stereocenters. The number of rotatable bonds is 7. The van der Waals surface area contributed by atoms with Crippen LogP contribution in [0.25, 0.3) is 22.2 Å². The van der Waals surface area contributed by atoms with E-state index in [-0.39, 0.29) is 5.75 Å². The molecule has 0 bridgehead atoms. The highest BCUT2D eigenvalue weighted by molar-refractivity contribution is 7.89. The standard InChI is InChI=1S/C24H27N5O2S/c30-32(31,13-9-19-4-2-1-3-5-19)29-11-6-20(7-12-29)18-28-10-8-21-14-22(15-25-24(21)28)23-16-26-27-17-23/h1-5,8,10,14-17,20H,6-7,9,11-13,18H2,(H,26,27). The Morgan fingerprint density at radius 3 is 2.59 bits per heavy atom. The molecular weight excluding hydrogens is 422 g/mol. The van der Waals surface area contributed by atoms with Gasteiger partial charge in [-0.25, -0.2) is 17.7 Å². The van der Waals surface area contributed by atoms with E-state index in [0.717, 1.165) is 47.1 Å². The van der Waals surface area contributed by atoms with Crippen LogP contribution in [0.4, 0.5) is 0 Å². The first-order valence-electron chi connectivity index (χ1n) is 11.0. The zero-order valence-corrected chi connectivity index (χ0v) is 18.7. The predicted octanol–water partition coefficient (Wildman–Crippen LogP) is 3.71. The van der Waals surface area contributed by atoms with Gasteiger partial charge in [-0.15, -0.1) is 0 Å². The van der Waals surface area contributed by atoms with Crippen molar-refractivity contribution in [1.82, 2.24) is 24.1 Å². The number of pyridine rings is 1. The van der Waals surface area contributed by atoms with Crippen molar-refractivity contribution in [3.8, 4) is 11.1 Å². The van der Waals surface area contributed by atoms with Gasteiger partial charge in [0.15, 0.2) is 0 Å². The van der Waals surface area contributed by atoms with Crippen LogP contribution < -0.4 is 0 Å². The second-order valence-electron chi connectivity index (χ2n) is 8.49. The molecule has 8 heteroatoms. The van der Waals surface area contributed by atoms with Crippen LogP contribution in [0.3, 0.4) is 0 Å². The Bertz CT molecular complexity index is 1270. The highest BCUT2D eigenvalue weighted by Crippen LogP contribution is 2.26. The first-order valence-corrected chi connectivity index (χ1v) is 12.7. The van der Waals surface area contributed by atoms with Gasteiger partial charge in [-0.05, 0) is 42.9 Å². The minimum Gasteiger partial charge on any atom is -0.332 e. The van der Waals surface area contributed by atoms with Gasteiger partial charge in [0.2, 0.25) is 10.0 Å². The Morgan fingerprint density at radius 1 is 1.03 bits per heavy atom. The molecule has 1 aromatic carbocycles. The molecule has 166 valence electrons. The number of sulfonamides is 1. The van der Waals surface area contributed by atoms with Gasteiger partial charge in [0.1, 0.15) is 5.65 Å². The van der Waals surface area contributed by atoms with Gasteiger partial charge < -0.3 is 4.57 Å². The maximum atomic E-state index is 12.8. The molecule has 3 aromatic heterocycles. The van der Waals surface area contributed by atoms with Gasteiger partial charge in [-0.3, -0.25) is 5.10 Å². The van der Waals surface area contributed by atoms with E-state index >= 15 is 0 Å². The average Bonchev–Trinajstić information content (AvgIpc) is 3.49. The minimum atomic E-state index is -3.22. The summed E-state index contributed by atoms with van der Waals surface area (Å²) in [6.07, 6.45) is 9.92. The molecule has 0 spiro atoms. The second kappa shape index (κ2) is 8.88. The van der Waals surface area contributed by atoms with Crippen LogP contribution in [0.2, 0.25) is 0 Å². The molecule has 1 fully saturated rings. The zero-order chi connectivity index (χ0) is 22.0. The van der Waals surface area contributed by atoms with E-state index in [0.29, 0.717) is 25.4 Å². The lowest BCUT2D eigenvalue weighted by Gasteiger charge is -2.31. The van der Waals surface area contributed by atoms with Gasteiger partial charge in [0.25, 0.3) is 0 Å². The molecule has 32 heavy (non-hydrogen) atoms. The molecule has 1 saturated heterocycles. The molecule has 5 rings (SSSR count). The van der Waals surface area contributed by atoms with Crippen LogP contribution >= 0.6 is 0 Å². The number of benzene rings is 1. The summed E-state index contributed by atoms with van der Waals surface area (Å²) in [5.41, 5.74) is 4.09. The van der Waals surface area contributed by atoms with Crippen molar-refractivity contribution < 1.29 is 8.42 Å². The van der Waals surface area contributed by atoms with Crippen LogP contribution in [-0.2, 0) is 23.0 Å². The third-order valence-electron chi connectivity index (χ3n) is 6.35. The summed E-state index contributed by atoms with van der Waals surface area (Å²) in [7, 11) is -3.22. The summed E-state index contributed by atoms with van der Waals surface area (Å²) >= 11 is 0. The van der Waals surface area contributed by atoms with Crippen LogP contribution in [0.5, 0.6) is 0 Å². The van der Waals surface area contributed by atoms with Gasteiger partial charge >= 0.3 is 0 Å². The lowest BCUT2D eigenvalue weighted by atomic mass is 9.98. The topological polar surface area (TPSA) is 83.9 Å². The van der Waals surface area contributed by atoms with Crippen molar-refractivity contribution in [1.29, 1.82) is 0 Å². The summed E-state index contributed by atoms with van der Waals surface area (Å²) in [6, 6.07) is 14.0. The van der Waals surface area contributed by atoms with Gasteiger partial charge in [0.05, 0.1) is 11.9 Å². The summed E-state index contributed by atoms with van der Waals surface area (Å²) in [4.78, 5) is 4.68. The molecule has 0 saturated carbocycles. The minimum absolute atomic E-state index is 0.173. The Labute approximate surface area is 188 Å². The highest BCUT2D eigenvalue weighted by atomic mass is 32.2. The average molecular weight is 450 g/mol. The third-order valence-corrected chi connectivity index (χ3v) is 8.22. The normalized spacial score (nSPS) is 16.0. The van der Waals surface area contributed by atoms with Crippen molar-refractivity contribution in [2.75, 3.05) is 18.8 Å². The Kier molecular flexibility index (Phi) is 5.80. The molecule has 1 aliphatic heterocycles. The van der Waals surface area contributed by atoms with Crippen LogP contribution in [0.15, 0.2) is 67.3 Å². The molecule has 0 aliphatic carbocycles. The highest BCUT2D eigenvalue weighted by Gasteiger charge is 2.28. The molecule has 1 aliphatic rings. The molecule has 4 heterocycles. The fourth-order valence-corrected chi connectivity index (χ4v) is 5.98. The Morgan fingerprint density at radius 2 is 1.84 bits per heavy atom. The quantitative estimate of drug-likeness (QED) is 0.466. The fraction of sp³-hybridized carbons (Fsp3) is 0.333. The number of H-pyrrole nitrogens is 1. The summed E-state index contributed by atoms with van der Waals surface area (Å²) in [6.45, 7) is 2.05. The SMILES string of the molecule is O=S(=O)(CCc1ccccc1)N1CCC(Cn2ccc3cc(-c4cn[nH]c4)cnc32)CC1. The van der Waals surface area contributed by atoms with Crippen molar-refractivity contribution in [2.45, 2.75) is 25.8 Å². The van der Waals surface area contributed by atoms with E-state index in [1.54, 1.807) is 10.5 Å². The number of aromatic amines is 1. The molecule has 0 radical (unpaired) electrons. The van der Waals surface area contributed by atoms with Crippen LogP contribution in [-0.4, -0.2) is 51.3 Å². The lowest BCUT2D eigenvalue weighted by Crippen LogP contribution is -2.40. The third kappa shape index (κ3) is 4.47. The van der Waals surface area contributed by atoms with Crippen molar-refractivity contribution in [3.63, 3.8) is 0 Å². The van der Waals surface area contributed by atoms with E-state index in [2.05, 4.69) is 38.1 Å². The predicted molar refractivity (Wildman–Crippen MR) is 126 cm³/mol. The maximum Gasteiger partial charge on any atom is 0.214 e. The molecule has 0 atom stereocenters. The van der Waals surface area contributed by atoms with E-state index < -0.39 is 10.0 Å². The monoisotopic (exact) mass is 449 g/mol. The number of nitrogens with one attached hydrogen (secondary N) is 1. The number of aryl methyl sites for hydroxylation is 1. The maximum absolute atomic E-state index is 12.8. The number of fused-ring (bicyclic) bond motifs is 1. The Balaban J connectivity index is 1.19. The zero-order valence-electron chi connectivity index (χ0n) is 17.9. The van der Waals surface area contributed by atoms with E-state index in [1.807, 2.05) is 42.7 Å². The van der Waals surface area contributed by atoms with Gasteiger partial charge in [-0.1, -0.05) is 30.3 Å². The molecular formula is C24H27N5O2S. The number of hydrogen-bond acceptors (Lipinski definition) is 4. The van der Waals surface area contributed by atoms with Crippen molar-refractivity contribution in [3.05, 3.63) is 72.8 Å². The summed E-state index contributed by atoms with van der Waals surface area (Å²) < 4.78 is 29.5. The lowest BCUT2D eigenvalue weighted by molar-refractivity contribution is 0.254. The van der Waals surface area contributed by atoms with Crippen molar-refractivity contribution in [2.24, 2.45) is 5.92 Å². The van der Waals surface area contributed by atoms with Crippen LogP contribution in [0.1, 0.15) is 18.4 Å². The summed E-state index contributed by atoms with van der Waals surface area (Å²) in [5.74, 6) is 0.619. The van der Waals surface area contributed by atoms with Gasteiger partial charge in [0, 0.05) is 54.7 Å². The second-order valence-corrected chi connectivity index (χ2v) is 10.6. The molecule has 0 amide bonds. The fourth-order valence-electron chi connectivity index (χ4n) is 4.46. The van der Waals surface area contributed by atoms with E-state index in [4.69, 9.17) is 0 Å². The smallest absolute Gasteiger partial charge is 0.214 e. The first kappa shape index (κ1) is 20.9. The number of aromatic nitrogens is 4. The molecule has 7 nitrogen and oxygen atoms in total. The Hall–Kier alpha value is -2.97. The van der Waals surface area contributed by atoms with Crippen molar-refractivity contribution >= 4 is 21.1 Å². The van der Waals surface area contributed by atoms with E-state index in [9.17, 15) is 8.42 Å². The van der Waals surface area contributed by atoms with Crippen LogP contribution in [0, 0.1) is 5.92 Å². The molecule has 1 N–H and O–H groups in total. The van der Waals surface area contributed by atoms with E-state index in [1.165, 1.54) is 0 Å². The molecule has 4 aromatic rings. The summed E-state index contributed by atoms with van der Waals surface area (Å²) in [5, 5.41) is 7.94.